The summed E-state index contributed by atoms with van der Waals surface area (Å²) in [4.78, 5) is 24.7. The topological polar surface area (TPSA) is 55.4 Å². The summed E-state index contributed by atoms with van der Waals surface area (Å²) in [5.41, 5.74) is 4.43. The Morgan fingerprint density at radius 3 is 1.93 bits per heavy atom. The van der Waals surface area contributed by atoms with Gasteiger partial charge in [-0.1, -0.05) is 66.7 Å². The van der Waals surface area contributed by atoms with Crippen LogP contribution in [0.3, 0.4) is 0 Å². The molecule has 4 heteroatoms. The lowest BCUT2D eigenvalue weighted by Crippen LogP contribution is -2.31. The Hall–Kier alpha value is -3.40. The summed E-state index contributed by atoms with van der Waals surface area (Å²) in [5.74, 6) is -0.786. The molecule has 3 rings (SSSR count). The molecule has 0 saturated carbocycles. The van der Waals surface area contributed by atoms with Crippen LogP contribution in [0.1, 0.15) is 38.7 Å². The lowest BCUT2D eigenvalue weighted by Gasteiger charge is -2.19. The molecule has 1 N–H and O–H groups in total. The molecule has 0 aliphatic heterocycles. The third-order valence-corrected chi connectivity index (χ3v) is 4.62. The first kappa shape index (κ1) is 19.4. The summed E-state index contributed by atoms with van der Waals surface area (Å²) in [6.45, 7) is 3.74. The number of carbonyl (C=O) groups is 2. The molecule has 3 aromatic carbocycles. The van der Waals surface area contributed by atoms with Gasteiger partial charge in [-0.05, 0) is 48.2 Å². The van der Waals surface area contributed by atoms with Crippen molar-refractivity contribution in [3.05, 3.63) is 107 Å². The van der Waals surface area contributed by atoms with Gasteiger partial charge in [0.2, 0.25) is 0 Å². The fourth-order valence-electron chi connectivity index (χ4n) is 2.89. The van der Waals surface area contributed by atoms with Gasteiger partial charge in [0.15, 0.2) is 6.10 Å². The maximum absolute atomic E-state index is 12.4. The van der Waals surface area contributed by atoms with Crippen molar-refractivity contribution in [3.63, 3.8) is 0 Å². The average molecular weight is 373 g/mol. The zero-order valence-electron chi connectivity index (χ0n) is 16.0. The maximum Gasteiger partial charge on any atom is 0.326 e. The number of carbonyl (C=O) groups excluding carboxylic acids is 2. The van der Waals surface area contributed by atoms with Gasteiger partial charge in [-0.2, -0.15) is 0 Å². The molecule has 0 aliphatic carbocycles. The summed E-state index contributed by atoms with van der Waals surface area (Å²) >= 11 is 0. The first-order chi connectivity index (χ1) is 13.5. The quantitative estimate of drug-likeness (QED) is 0.653. The Morgan fingerprint density at radius 2 is 1.39 bits per heavy atom. The Balaban J connectivity index is 1.67. The molecule has 0 unspecified atom stereocenters. The van der Waals surface area contributed by atoms with E-state index in [1.165, 1.54) is 0 Å². The van der Waals surface area contributed by atoms with Crippen LogP contribution in [0.15, 0.2) is 78.9 Å². The van der Waals surface area contributed by atoms with Crippen molar-refractivity contribution in [2.75, 3.05) is 6.54 Å². The van der Waals surface area contributed by atoms with Crippen LogP contribution in [-0.4, -0.2) is 18.4 Å². The molecule has 0 fully saturated rings. The summed E-state index contributed by atoms with van der Waals surface area (Å²) in [7, 11) is 0. The Labute approximate surface area is 165 Å². The minimum absolute atomic E-state index is 0.193. The van der Waals surface area contributed by atoms with E-state index in [9.17, 15) is 9.59 Å². The Morgan fingerprint density at radius 1 is 0.821 bits per heavy atom. The summed E-state index contributed by atoms with van der Waals surface area (Å²) in [5, 5.41) is 2.64. The molecule has 0 radical (unpaired) electrons. The third-order valence-electron chi connectivity index (χ3n) is 4.62. The number of esters is 1. The predicted octanol–water partition coefficient (Wildman–Crippen LogP) is 4.37. The second-order valence-electron chi connectivity index (χ2n) is 6.67. The normalized spacial score (nSPS) is 10.5. The van der Waals surface area contributed by atoms with Crippen LogP contribution in [-0.2, 0) is 9.53 Å². The molecule has 1 amide bonds. The number of amides is 1. The van der Waals surface area contributed by atoms with Gasteiger partial charge in [-0.3, -0.25) is 9.59 Å². The molecule has 0 aromatic heterocycles. The van der Waals surface area contributed by atoms with Crippen LogP contribution in [0.2, 0.25) is 0 Å². The molecule has 0 aliphatic rings. The fraction of sp³-hybridized carbons (Fsp3) is 0.167. The van der Waals surface area contributed by atoms with Gasteiger partial charge < -0.3 is 10.1 Å². The van der Waals surface area contributed by atoms with Crippen LogP contribution in [0, 0.1) is 13.8 Å². The van der Waals surface area contributed by atoms with Crippen molar-refractivity contribution in [3.8, 4) is 0 Å². The van der Waals surface area contributed by atoms with Crippen molar-refractivity contribution in [1.29, 1.82) is 0 Å². The van der Waals surface area contributed by atoms with E-state index in [1.807, 2.05) is 86.6 Å². The van der Waals surface area contributed by atoms with Gasteiger partial charge in [-0.25, -0.2) is 0 Å². The Kier molecular flexibility index (Phi) is 6.22. The minimum Gasteiger partial charge on any atom is -0.451 e. The zero-order valence-corrected chi connectivity index (χ0v) is 16.0. The molecule has 142 valence electrons. The second-order valence-corrected chi connectivity index (χ2v) is 6.67. The van der Waals surface area contributed by atoms with Crippen LogP contribution in [0.25, 0.3) is 0 Å². The highest BCUT2D eigenvalue weighted by Crippen LogP contribution is 2.25. The summed E-state index contributed by atoms with van der Waals surface area (Å²) in [6.07, 6.45) is -0.520. The molecule has 0 bridgehead atoms. The number of benzene rings is 3. The minimum atomic E-state index is -0.520. The van der Waals surface area contributed by atoms with Crippen LogP contribution in [0.5, 0.6) is 0 Å². The SMILES string of the molecule is Cc1ccc(C(=O)NCC(=O)OC(c2ccccc2)c2ccccc2)cc1C. The highest BCUT2D eigenvalue weighted by atomic mass is 16.5. The van der Waals surface area contributed by atoms with Gasteiger partial charge in [0.1, 0.15) is 6.54 Å². The number of aryl methyl sites for hydroxylation is 2. The average Bonchev–Trinajstić information content (AvgIpc) is 2.73. The maximum atomic E-state index is 12.4. The van der Waals surface area contributed by atoms with E-state index >= 15 is 0 Å². The molecular weight excluding hydrogens is 350 g/mol. The predicted molar refractivity (Wildman–Crippen MR) is 109 cm³/mol. The monoisotopic (exact) mass is 373 g/mol. The molecular formula is C24H23NO3. The highest BCUT2D eigenvalue weighted by Gasteiger charge is 2.19. The van der Waals surface area contributed by atoms with Gasteiger partial charge in [0.25, 0.3) is 5.91 Å². The molecule has 0 atom stereocenters. The second kappa shape index (κ2) is 9.00. The highest BCUT2D eigenvalue weighted by molar-refractivity contribution is 5.96. The van der Waals surface area contributed by atoms with E-state index in [0.717, 1.165) is 22.3 Å². The van der Waals surface area contributed by atoms with Gasteiger partial charge >= 0.3 is 5.97 Å². The van der Waals surface area contributed by atoms with Crippen molar-refractivity contribution in [2.24, 2.45) is 0 Å². The van der Waals surface area contributed by atoms with Gasteiger partial charge in [0.05, 0.1) is 0 Å². The van der Waals surface area contributed by atoms with Crippen LogP contribution in [0.4, 0.5) is 0 Å². The lowest BCUT2D eigenvalue weighted by molar-refractivity contribution is -0.146. The van der Waals surface area contributed by atoms with Crippen molar-refractivity contribution in [1.82, 2.24) is 5.32 Å². The van der Waals surface area contributed by atoms with Gasteiger partial charge in [0, 0.05) is 5.56 Å². The number of rotatable bonds is 6. The summed E-state index contributed by atoms with van der Waals surface area (Å²) < 4.78 is 5.70. The lowest BCUT2D eigenvalue weighted by atomic mass is 10.0. The molecule has 28 heavy (non-hydrogen) atoms. The van der Waals surface area contributed by atoms with E-state index in [4.69, 9.17) is 4.74 Å². The number of ether oxygens (including phenoxy) is 1. The molecule has 0 heterocycles. The Bertz CT molecular complexity index is 913. The van der Waals surface area contributed by atoms with E-state index in [1.54, 1.807) is 6.07 Å². The number of hydrogen-bond donors (Lipinski definition) is 1. The fourth-order valence-corrected chi connectivity index (χ4v) is 2.89. The van der Waals surface area contributed by atoms with Crippen LogP contribution < -0.4 is 5.32 Å². The van der Waals surface area contributed by atoms with Crippen molar-refractivity contribution in [2.45, 2.75) is 20.0 Å². The van der Waals surface area contributed by atoms with Crippen molar-refractivity contribution < 1.29 is 14.3 Å². The zero-order chi connectivity index (χ0) is 19.9. The standard InChI is InChI=1S/C24H23NO3/c1-17-13-14-21(15-18(17)2)24(27)25-16-22(26)28-23(19-9-5-3-6-10-19)20-11-7-4-8-12-20/h3-15,23H,16H2,1-2H3,(H,25,27). The molecule has 3 aromatic rings. The van der Waals surface area contributed by atoms with E-state index < -0.39 is 12.1 Å². The first-order valence-corrected chi connectivity index (χ1v) is 9.19. The third kappa shape index (κ3) is 4.86. The molecule has 4 nitrogen and oxygen atoms in total. The number of nitrogens with one attached hydrogen (secondary N) is 1. The smallest absolute Gasteiger partial charge is 0.326 e. The molecule has 0 spiro atoms. The summed E-state index contributed by atoms with van der Waals surface area (Å²) in [6, 6.07) is 24.6. The largest absolute Gasteiger partial charge is 0.451 e. The van der Waals surface area contributed by atoms with E-state index in [-0.39, 0.29) is 12.5 Å². The first-order valence-electron chi connectivity index (χ1n) is 9.19. The van der Waals surface area contributed by atoms with E-state index in [2.05, 4.69) is 5.32 Å². The number of hydrogen-bond acceptors (Lipinski definition) is 3. The molecule has 0 saturated heterocycles. The van der Waals surface area contributed by atoms with Crippen LogP contribution >= 0.6 is 0 Å². The van der Waals surface area contributed by atoms with E-state index in [0.29, 0.717) is 5.56 Å². The van der Waals surface area contributed by atoms with Gasteiger partial charge in [-0.15, -0.1) is 0 Å². The van der Waals surface area contributed by atoms with Crippen molar-refractivity contribution >= 4 is 11.9 Å².